The van der Waals surface area contributed by atoms with Crippen molar-refractivity contribution in [1.82, 2.24) is 4.72 Å². The third kappa shape index (κ3) is 6.70. The Kier molecular flexibility index (Phi) is 6.32. The van der Waals surface area contributed by atoms with Gasteiger partial charge in [-0.3, -0.25) is 0 Å². The van der Waals surface area contributed by atoms with E-state index >= 15 is 0 Å². The van der Waals surface area contributed by atoms with Crippen LogP contribution < -0.4 is 9.86 Å². The highest BCUT2D eigenvalue weighted by Gasteiger charge is 2.14. The van der Waals surface area contributed by atoms with E-state index in [0.29, 0.717) is 12.0 Å². The first kappa shape index (κ1) is 17.6. The molecule has 0 aromatic heterocycles. The van der Waals surface area contributed by atoms with Gasteiger partial charge in [-0.2, -0.15) is 0 Å². The number of benzene rings is 1. The minimum atomic E-state index is -3.78. The predicted octanol–water partition coefficient (Wildman–Crippen LogP) is -1.01. The van der Waals surface area contributed by atoms with Crippen LogP contribution in [0.2, 0.25) is 0 Å². The van der Waals surface area contributed by atoms with E-state index in [4.69, 9.17) is 10.2 Å². The molecule has 1 rings (SSSR count). The van der Waals surface area contributed by atoms with Gasteiger partial charge in [0.25, 0.3) is 0 Å². The summed E-state index contributed by atoms with van der Waals surface area (Å²) in [5, 5.41) is 13.4. The molecule has 0 radical (unpaired) electrons. The molecule has 116 valence electrons. The molecule has 0 bridgehead atoms. The Balaban J connectivity index is 2.74. The van der Waals surface area contributed by atoms with Crippen molar-refractivity contribution in [2.24, 2.45) is 5.14 Å². The maximum atomic E-state index is 11.9. The fourth-order valence-electron chi connectivity index (χ4n) is 1.34. The molecule has 0 aliphatic carbocycles. The van der Waals surface area contributed by atoms with Gasteiger partial charge in [0.1, 0.15) is 0 Å². The second-order valence-electron chi connectivity index (χ2n) is 4.06. The van der Waals surface area contributed by atoms with Crippen molar-refractivity contribution in [3.63, 3.8) is 0 Å². The largest absolute Gasteiger partial charge is 0.395 e. The number of rotatable bonds is 6. The standard InChI is InChI=1S/C12H16N2O5S2/c13-20(16,17)10-8-14-21(18,19)12-6-4-11(5-7-12)3-1-2-9-15/h4-7,14-15H,2,8-10H2,(H2,13,16,17). The van der Waals surface area contributed by atoms with Crippen molar-refractivity contribution in [3.8, 4) is 11.8 Å². The highest BCUT2D eigenvalue weighted by atomic mass is 32.2. The molecular weight excluding hydrogens is 316 g/mol. The van der Waals surface area contributed by atoms with Crippen LogP contribution in [-0.4, -0.2) is 40.8 Å². The zero-order chi connectivity index (χ0) is 15.9. The topological polar surface area (TPSA) is 127 Å². The quantitative estimate of drug-likeness (QED) is 0.575. The maximum Gasteiger partial charge on any atom is 0.240 e. The summed E-state index contributed by atoms with van der Waals surface area (Å²) < 4.78 is 47.4. The summed E-state index contributed by atoms with van der Waals surface area (Å²) in [5.41, 5.74) is 0.618. The van der Waals surface area contributed by atoms with Crippen LogP contribution in [0.3, 0.4) is 0 Å². The SMILES string of the molecule is NS(=O)(=O)CCNS(=O)(=O)c1ccc(C#CCCO)cc1. The van der Waals surface area contributed by atoms with E-state index in [1.807, 2.05) is 0 Å². The fraction of sp³-hybridized carbons (Fsp3) is 0.333. The Labute approximate surface area is 124 Å². The molecule has 9 heteroatoms. The van der Waals surface area contributed by atoms with Crippen LogP contribution in [0.25, 0.3) is 0 Å². The summed E-state index contributed by atoms with van der Waals surface area (Å²) in [4.78, 5) is 0.00428. The average molecular weight is 332 g/mol. The molecule has 0 saturated carbocycles. The molecule has 0 heterocycles. The molecule has 1 aromatic rings. The molecule has 0 saturated heterocycles. The molecular formula is C12H16N2O5S2. The number of hydrogen-bond acceptors (Lipinski definition) is 5. The summed E-state index contributed by atoms with van der Waals surface area (Å²) in [6.45, 7) is -0.327. The van der Waals surface area contributed by atoms with E-state index in [1.165, 1.54) is 24.3 Å². The summed E-state index contributed by atoms with van der Waals surface area (Å²) in [6.07, 6.45) is 0.342. The van der Waals surface area contributed by atoms with Crippen molar-refractivity contribution in [2.45, 2.75) is 11.3 Å². The number of primary sulfonamides is 1. The van der Waals surface area contributed by atoms with Gasteiger partial charge in [0.2, 0.25) is 20.0 Å². The van der Waals surface area contributed by atoms with Gasteiger partial charge in [-0.15, -0.1) is 0 Å². The molecule has 0 unspecified atom stereocenters. The lowest BCUT2D eigenvalue weighted by Crippen LogP contribution is -2.31. The third-order valence-corrected chi connectivity index (χ3v) is 4.56. The van der Waals surface area contributed by atoms with E-state index < -0.39 is 25.8 Å². The van der Waals surface area contributed by atoms with Crippen LogP contribution in [0, 0.1) is 11.8 Å². The van der Waals surface area contributed by atoms with Crippen LogP contribution in [0.4, 0.5) is 0 Å². The summed E-state index contributed by atoms with van der Waals surface area (Å²) in [5.74, 6) is 5.01. The first-order chi connectivity index (χ1) is 9.74. The van der Waals surface area contributed by atoms with Crippen LogP contribution in [0.5, 0.6) is 0 Å². The first-order valence-corrected chi connectivity index (χ1v) is 9.14. The molecule has 0 aliphatic rings. The van der Waals surface area contributed by atoms with Crippen molar-refractivity contribution < 1.29 is 21.9 Å². The molecule has 7 nitrogen and oxygen atoms in total. The normalized spacial score (nSPS) is 11.7. The maximum absolute atomic E-state index is 11.9. The van der Waals surface area contributed by atoms with Gasteiger partial charge < -0.3 is 5.11 Å². The van der Waals surface area contributed by atoms with Crippen molar-refractivity contribution >= 4 is 20.0 Å². The van der Waals surface area contributed by atoms with Gasteiger partial charge in [0.05, 0.1) is 17.3 Å². The molecule has 0 atom stereocenters. The van der Waals surface area contributed by atoms with Gasteiger partial charge in [0, 0.05) is 18.5 Å². The van der Waals surface area contributed by atoms with Crippen LogP contribution in [0.15, 0.2) is 29.2 Å². The van der Waals surface area contributed by atoms with Crippen molar-refractivity contribution in [3.05, 3.63) is 29.8 Å². The van der Waals surface area contributed by atoms with E-state index in [1.54, 1.807) is 0 Å². The Morgan fingerprint density at radius 1 is 1.14 bits per heavy atom. The zero-order valence-electron chi connectivity index (χ0n) is 11.1. The highest BCUT2D eigenvalue weighted by molar-refractivity contribution is 7.90. The lowest BCUT2D eigenvalue weighted by Gasteiger charge is -2.06. The number of nitrogens with two attached hydrogens (primary N) is 1. The van der Waals surface area contributed by atoms with Crippen LogP contribution in [0.1, 0.15) is 12.0 Å². The van der Waals surface area contributed by atoms with Gasteiger partial charge in [0.15, 0.2) is 0 Å². The molecule has 0 aliphatic heterocycles. The third-order valence-electron chi connectivity index (χ3n) is 2.31. The molecule has 21 heavy (non-hydrogen) atoms. The number of hydrogen-bond donors (Lipinski definition) is 3. The van der Waals surface area contributed by atoms with E-state index in [9.17, 15) is 16.8 Å². The van der Waals surface area contributed by atoms with Crippen LogP contribution >= 0.6 is 0 Å². The lowest BCUT2D eigenvalue weighted by atomic mass is 10.2. The predicted molar refractivity (Wildman–Crippen MR) is 78.2 cm³/mol. The number of sulfonamides is 2. The Morgan fingerprint density at radius 2 is 1.76 bits per heavy atom. The molecule has 0 fully saturated rings. The second kappa shape index (κ2) is 7.53. The van der Waals surface area contributed by atoms with Crippen molar-refractivity contribution in [1.29, 1.82) is 0 Å². The fourth-order valence-corrected chi connectivity index (χ4v) is 2.89. The number of aliphatic hydroxyl groups excluding tert-OH is 1. The average Bonchev–Trinajstić information content (AvgIpc) is 2.38. The number of aliphatic hydroxyl groups is 1. The van der Waals surface area contributed by atoms with Gasteiger partial charge in [-0.25, -0.2) is 26.7 Å². The van der Waals surface area contributed by atoms with Crippen LogP contribution in [-0.2, 0) is 20.0 Å². The Bertz CT molecular complexity index is 728. The summed E-state index contributed by atoms with van der Waals surface area (Å²) in [6, 6.07) is 5.78. The smallest absolute Gasteiger partial charge is 0.240 e. The summed E-state index contributed by atoms with van der Waals surface area (Å²) >= 11 is 0. The monoisotopic (exact) mass is 332 g/mol. The highest BCUT2D eigenvalue weighted by Crippen LogP contribution is 2.09. The van der Waals surface area contributed by atoms with Crippen molar-refractivity contribution in [2.75, 3.05) is 18.9 Å². The molecule has 0 amide bonds. The first-order valence-electron chi connectivity index (χ1n) is 5.94. The van der Waals surface area contributed by atoms with Gasteiger partial charge in [-0.05, 0) is 24.3 Å². The van der Waals surface area contributed by atoms with E-state index in [-0.39, 0.29) is 18.0 Å². The minimum absolute atomic E-state index is 0.00428. The minimum Gasteiger partial charge on any atom is -0.395 e. The summed E-state index contributed by atoms with van der Waals surface area (Å²) in [7, 11) is -7.50. The molecule has 0 spiro atoms. The van der Waals surface area contributed by atoms with Gasteiger partial charge in [-0.1, -0.05) is 11.8 Å². The second-order valence-corrected chi connectivity index (χ2v) is 7.57. The molecule has 1 aromatic carbocycles. The lowest BCUT2D eigenvalue weighted by molar-refractivity contribution is 0.305. The Morgan fingerprint density at radius 3 is 2.29 bits per heavy atom. The Hall–Kier alpha value is -1.44. The number of nitrogens with one attached hydrogen (secondary N) is 1. The van der Waals surface area contributed by atoms with E-state index in [0.717, 1.165) is 0 Å². The molecule has 4 N–H and O–H groups in total. The zero-order valence-corrected chi connectivity index (χ0v) is 12.7. The van der Waals surface area contributed by atoms with E-state index in [2.05, 4.69) is 16.6 Å². The van der Waals surface area contributed by atoms with Gasteiger partial charge >= 0.3 is 0 Å².